The van der Waals surface area contributed by atoms with Gasteiger partial charge in [0.15, 0.2) is 4.77 Å². The topological polar surface area (TPSA) is 29.9 Å². The highest BCUT2D eigenvalue weighted by atomic mass is 32.1. The van der Waals surface area contributed by atoms with Crippen molar-refractivity contribution in [3.05, 3.63) is 23.0 Å². The number of hydrogen-bond acceptors (Lipinski definition) is 2. The average Bonchev–Trinajstić information content (AvgIpc) is 2.63. The first-order valence-electron chi connectivity index (χ1n) is 8.06. The lowest BCUT2D eigenvalue weighted by Crippen LogP contribution is -2.08. The number of nitrogens with zero attached hydrogens (tertiary/aromatic N) is 1. The molecule has 0 atom stereocenters. The minimum absolute atomic E-state index is 0.166. The first-order chi connectivity index (χ1) is 10.2. The van der Waals surface area contributed by atoms with E-state index in [0.717, 1.165) is 16.0 Å². The van der Waals surface area contributed by atoms with Crippen LogP contribution in [0.2, 0.25) is 0 Å². The Morgan fingerprint density at radius 2 is 1.90 bits per heavy atom. The van der Waals surface area contributed by atoms with Gasteiger partial charge in [0.1, 0.15) is 11.3 Å². The Morgan fingerprint density at radius 1 is 1.19 bits per heavy atom. The second-order valence-electron chi connectivity index (χ2n) is 6.26. The van der Waals surface area contributed by atoms with Crippen LogP contribution in [0, 0.1) is 4.77 Å². The van der Waals surface area contributed by atoms with Crippen molar-refractivity contribution in [3.8, 4) is 5.75 Å². The molecule has 1 aromatic carbocycles. The van der Waals surface area contributed by atoms with Crippen molar-refractivity contribution in [2.24, 2.45) is 0 Å². The van der Waals surface area contributed by atoms with E-state index in [1.165, 1.54) is 44.0 Å². The Labute approximate surface area is 131 Å². The maximum Gasteiger partial charge on any atom is 0.178 e. The number of rotatable bonds is 3. The summed E-state index contributed by atoms with van der Waals surface area (Å²) in [5.74, 6) is 0.904. The number of fused-ring (bicyclic) bond motifs is 1. The maximum atomic E-state index is 5.92. The molecule has 21 heavy (non-hydrogen) atoms. The van der Waals surface area contributed by atoms with Gasteiger partial charge in [-0.05, 0) is 51.0 Å². The summed E-state index contributed by atoms with van der Waals surface area (Å²) in [6.45, 7) is 4.10. The summed E-state index contributed by atoms with van der Waals surface area (Å²) in [5.41, 5.74) is 2.23. The fourth-order valence-corrected chi connectivity index (χ4v) is 3.70. The molecular formula is C17H24N2OS. The van der Waals surface area contributed by atoms with Gasteiger partial charge in [-0.2, -0.15) is 0 Å². The van der Waals surface area contributed by atoms with E-state index >= 15 is 0 Å². The van der Waals surface area contributed by atoms with Gasteiger partial charge in [-0.15, -0.1) is 0 Å². The van der Waals surface area contributed by atoms with Crippen molar-refractivity contribution in [1.29, 1.82) is 0 Å². The van der Waals surface area contributed by atoms with Gasteiger partial charge in [0.25, 0.3) is 0 Å². The molecule has 1 aromatic heterocycles. The van der Waals surface area contributed by atoms with Gasteiger partial charge < -0.3 is 14.3 Å². The van der Waals surface area contributed by atoms with Crippen molar-refractivity contribution >= 4 is 23.3 Å². The average molecular weight is 304 g/mol. The SMILES string of the molecule is CC(C)Oc1cccc2c1[nH]c(=S)n2C1CCCCCC1. The van der Waals surface area contributed by atoms with Crippen LogP contribution in [0.25, 0.3) is 11.0 Å². The largest absolute Gasteiger partial charge is 0.489 e. The van der Waals surface area contributed by atoms with Crippen molar-refractivity contribution in [2.75, 3.05) is 0 Å². The molecule has 1 aliphatic carbocycles. The minimum atomic E-state index is 0.166. The smallest absolute Gasteiger partial charge is 0.178 e. The van der Waals surface area contributed by atoms with Crippen molar-refractivity contribution < 1.29 is 4.74 Å². The second kappa shape index (κ2) is 6.22. The van der Waals surface area contributed by atoms with Crippen molar-refractivity contribution in [1.82, 2.24) is 9.55 Å². The fourth-order valence-electron chi connectivity index (χ4n) is 3.35. The Morgan fingerprint density at radius 3 is 2.57 bits per heavy atom. The number of imidazole rings is 1. The lowest BCUT2D eigenvalue weighted by atomic mass is 10.1. The summed E-state index contributed by atoms with van der Waals surface area (Å²) >= 11 is 5.60. The van der Waals surface area contributed by atoms with Crippen LogP contribution in [0.1, 0.15) is 58.4 Å². The summed E-state index contributed by atoms with van der Waals surface area (Å²) in [4.78, 5) is 3.37. The monoisotopic (exact) mass is 304 g/mol. The number of benzene rings is 1. The molecule has 1 fully saturated rings. The van der Waals surface area contributed by atoms with Crippen LogP contribution in [0.5, 0.6) is 5.75 Å². The Kier molecular flexibility index (Phi) is 4.34. The lowest BCUT2D eigenvalue weighted by Gasteiger charge is -2.17. The zero-order chi connectivity index (χ0) is 14.8. The fraction of sp³-hybridized carbons (Fsp3) is 0.588. The van der Waals surface area contributed by atoms with E-state index in [4.69, 9.17) is 17.0 Å². The summed E-state index contributed by atoms with van der Waals surface area (Å²) in [6, 6.07) is 6.77. The number of nitrogens with one attached hydrogen (secondary N) is 1. The highest BCUT2D eigenvalue weighted by Crippen LogP contribution is 2.33. The summed E-state index contributed by atoms with van der Waals surface area (Å²) in [7, 11) is 0. The number of para-hydroxylation sites is 1. The van der Waals surface area contributed by atoms with Crippen LogP contribution in [0.3, 0.4) is 0 Å². The Bertz CT molecular complexity index is 663. The number of aromatic amines is 1. The number of ether oxygens (including phenoxy) is 1. The highest BCUT2D eigenvalue weighted by Gasteiger charge is 2.19. The molecule has 0 amide bonds. The molecule has 3 nitrogen and oxygen atoms in total. The zero-order valence-corrected chi connectivity index (χ0v) is 13.7. The predicted molar refractivity (Wildman–Crippen MR) is 89.6 cm³/mol. The van der Waals surface area contributed by atoms with Gasteiger partial charge in [-0.1, -0.05) is 31.7 Å². The van der Waals surface area contributed by atoms with E-state index in [2.05, 4.69) is 35.5 Å². The molecule has 3 rings (SSSR count). The molecule has 1 N–H and O–H groups in total. The van der Waals surface area contributed by atoms with E-state index in [1.807, 2.05) is 6.07 Å². The molecule has 0 spiro atoms. The van der Waals surface area contributed by atoms with E-state index < -0.39 is 0 Å². The molecule has 0 bridgehead atoms. The first kappa shape index (κ1) is 14.6. The van der Waals surface area contributed by atoms with E-state index in [1.54, 1.807) is 0 Å². The molecule has 1 saturated carbocycles. The van der Waals surface area contributed by atoms with Gasteiger partial charge >= 0.3 is 0 Å². The molecular weight excluding hydrogens is 280 g/mol. The highest BCUT2D eigenvalue weighted by molar-refractivity contribution is 7.71. The van der Waals surface area contributed by atoms with E-state index in [-0.39, 0.29) is 6.10 Å². The number of aromatic nitrogens is 2. The third kappa shape index (κ3) is 3.00. The molecule has 0 aliphatic heterocycles. The Balaban J connectivity index is 2.06. The quantitative estimate of drug-likeness (QED) is 0.609. The van der Waals surface area contributed by atoms with Gasteiger partial charge in [0, 0.05) is 6.04 Å². The van der Waals surface area contributed by atoms with Crippen LogP contribution < -0.4 is 4.74 Å². The van der Waals surface area contributed by atoms with Crippen LogP contribution in [-0.4, -0.2) is 15.7 Å². The van der Waals surface area contributed by atoms with Crippen LogP contribution in [-0.2, 0) is 0 Å². The third-order valence-electron chi connectivity index (χ3n) is 4.27. The zero-order valence-electron chi connectivity index (χ0n) is 12.9. The standard InChI is InChI=1S/C17H24N2OS/c1-12(2)20-15-11-7-10-14-16(15)18-17(21)19(14)13-8-5-3-4-6-9-13/h7,10-13H,3-6,8-9H2,1-2H3,(H,18,21). The van der Waals surface area contributed by atoms with Crippen molar-refractivity contribution in [3.63, 3.8) is 0 Å². The molecule has 1 aliphatic rings. The van der Waals surface area contributed by atoms with Gasteiger partial charge in [-0.3, -0.25) is 0 Å². The summed E-state index contributed by atoms with van der Waals surface area (Å²) in [6.07, 6.45) is 7.95. The summed E-state index contributed by atoms with van der Waals surface area (Å²) < 4.78 is 9.07. The molecule has 0 saturated heterocycles. The van der Waals surface area contributed by atoms with Gasteiger partial charge in [0.2, 0.25) is 0 Å². The summed E-state index contributed by atoms with van der Waals surface area (Å²) in [5, 5.41) is 0. The van der Waals surface area contributed by atoms with Crippen LogP contribution in [0.15, 0.2) is 18.2 Å². The molecule has 114 valence electrons. The van der Waals surface area contributed by atoms with Crippen LogP contribution >= 0.6 is 12.2 Å². The minimum Gasteiger partial charge on any atom is -0.489 e. The normalized spacial score (nSPS) is 17.3. The molecule has 0 radical (unpaired) electrons. The molecule has 2 aromatic rings. The molecule has 4 heteroatoms. The number of hydrogen-bond donors (Lipinski definition) is 1. The maximum absolute atomic E-state index is 5.92. The van der Waals surface area contributed by atoms with Gasteiger partial charge in [-0.25, -0.2) is 0 Å². The predicted octanol–water partition coefficient (Wildman–Crippen LogP) is 5.38. The third-order valence-corrected chi connectivity index (χ3v) is 4.57. The van der Waals surface area contributed by atoms with E-state index in [0.29, 0.717) is 6.04 Å². The van der Waals surface area contributed by atoms with Crippen molar-refractivity contribution in [2.45, 2.75) is 64.5 Å². The molecule has 1 heterocycles. The van der Waals surface area contributed by atoms with E-state index in [9.17, 15) is 0 Å². The lowest BCUT2D eigenvalue weighted by molar-refractivity contribution is 0.245. The first-order valence-corrected chi connectivity index (χ1v) is 8.47. The van der Waals surface area contributed by atoms with Gasteiger partial charge in [0.05, 0.1) is 11.6 Å². The second-order valence-corrected chi connectivity index (χ2v) is 6.65. The number of H-pyrrole nitrogens is 1. The molecule has 0 unspecified atom stereocenters. The Hall–Kier alpha value is -1.29. The van der Waals surface area contributed by atoms with Crippen LogP contribution in [0.4, 0.5) is 0 Å².